The minimum absolute atomic E-state index is 0.889. The standard InChI is InChI=1S/C60H40N2O/c1-2-14-41(15-3-1)42-30-32-43(33-31-42)45-16-10-19-49(38-45)61(50-20-12-18-47(40-50)52-25-13-29-59-60(52)55-24-6-9-28-58(55)63-59)48-36-34-44(35-37-48)46-17-11-21-51(39-46)62-56-26-7-4-22-53(56)54-23-5-8-27-57(54)62/h1-40H. The molecular weight excluding hydrogens is 765 g/mol. The monoisotopic (exact) mass is 804 g/mol. The van der Waals surface area contributed by atoms with Crippen LogP contribution in [0.1, 0.15) is 0 Å². The first-order valence-corrected chi connectivity index (χ1v) is 21.5. The number of rotatable bonds is 8. The molecule has 0 spiro atoms. The molecule has 12 rings (SSSR count). The second-order valence-corrected chi connectivity index (χ2v) is 16.1. The fourth-order valence-electron chi connectivity index (χ4n) is 9.41. The Balaban J connectivity index is 0.959. The van der Waals surface area contributed by atoms with Gasteiger partial charge in [0, 0.05) is 44.3 Å². The summed E-state index contributed by atoms with van der Waals surface area (Å²) in [5.74, 6) is 0. The summed E-state index contributed by atoms with van der Waals surface area (Å²) in [6.07, 6.45) is 0. The Bertz CT molecular complexity index is 3560. The second kappa shape index (κ2) is 15.3. The van der Waals surface area contributed by atoms with E-state index in [9.17, 15) is 0 Å². The molecule has 2 heterocycles. The zero-order chi connectivity index (χ0) is 41.7. The minimum Gasteiger partial charge on any atom is -0.456 e. The van der Waals surface area contributed by atoms with E-state index in [1.54, 1.807) is 0 Å². The van der Waals surface area contributed by atoms with E-state index in [1.807, 2.05) is 12.1 Å². The molecule has 12 aromatic rings. The Morgan fingerprint density at radius 2 is 0.778 bits per heavy atom. The Morgan fingerprint density at radius 1 is 0.302 bits per heavy atom. The summed E-state index contributed by atoms with van der Waals surface area (Å²) in [5.41, 5.74) is 17.9. The number of hydrogen-bond acceptors (Lipinski definition) is 2. The molecule has 296 valence electrons. The van der Waals surface area contributed by atoms with E-state index in [2.05, 4.69) is 240 Å². The van der Waals surface area contributed by atoms with Crippen LogP contribution in [0.4, 0.5) is 17.1 Å². The summed E-state index contributed by atoms with van der Waals surface area (Å²) in [4.78, 5) is 2.37. The van der Waals surface area contributed by atoms with Gasteiger partial charge in [0.2, 0.25) is 0 Å². The van der Waals surface area contributed by atoms with Crippen LogP contribution in [0.5, 0.6) is 0 Å². The average molecular weight is 805 g/mol. The normalized spacial score (nSPS) is 11.5. The maximum Gasteiger partial charge on any atom is 0.136 e. The Labute approximate surface area is 366 Å². The van der Waals surface area contributed by atoms with Crippen LogP contribution in [0.2, 0.25) is 0 Å². The first-order chi connectivity index (χ1) is 31.2. The molecule has 0 bridgehead atoms. The molecular formula is C60H40N2O. The van der Waals surface area contributed by atoms with Crippen molar-refractivity contribution in [3.63, 3.8) is 0 Å². The van der Waals surface area contributed by atoms with Crippen molar-refractivity contribution in [2.24, 2.45) is 0 Å². The molecule has 0 amide bonds. The lowest BCUT2D eigenvalue weighted by Gasteiger charge is -2.27. The van der Waals surface area contributed by atoms with Crippen molar-refractivity contribution in [1.82, 2.24) is 4.57 Å². The molecule has 0 unspecified atom stereocenters. The molecule has 0 N–H and O–H groups in total. The second-order valence-electron chi connectivity index (χ2n) is 16.1. The topological polar surface area (TPSA) is 21.3 Å². The molecule has 0 saturated heterocycles. The lowest BCUT2D eigenvalue weighted by atomic mass is 9.98. The van der Waals surface area contributed by atoms with Crippen LogP contribution in [-0.2, 0) is 0 Å². The fourth-order valence-corrected chi connectivity index (χ4v) is 9.41. The van der Waals surface area contributed by atoms with E-state index in [-0.39, 0.29) is 0 Å². The predicted octanol–water partition coefficient (Wildman–Crippen LogP) is 16.8. The molecule has 0 fully saturated rings. The molecule has 2 aromatic heterocycles. The Kier molecular flexibility index (Phi) is 8.83. The van der Waals surface area contributed by atoms with Gasteiger partial charge in [-0.2, -0.15) is 0 Å². The summed E-state index contributed by atoms with van der Waals surface area (Å²) in [5, 5.41) is 4.77. The van der Waals surface area contributed by atoms with Crippen LogP contribution in [-0.4, -0.2) is 4.57 Å². The summed E-state index contributed by atoms with van der Waals surface area (Å²) < 4.78 is 8.70. The molecule has 0 atom stereocenters. The molecule has 0 radical (unpaired) electrons. The summed E-state index contributed by atoms with van der Waals surface area (Å²) in [6, 6.07) is 87.1. The number of benzene rings is 10. The number of aromatic nitrogens is 1. The van der Waals surface area contributed by atoms with Crippen LogP contribution in [0.25, 0.3) is 93.9 Å². The van der Waals surface area contributed by atoms with E-state index in [0.29, 0.717) is 0 Å². The van der Waals surface area contributed by atoms with Gasteiger partial charge >= 0.3 is 0 Å². The lowest BCUT2D eigenvalue weighted by Crippen LogP contribution is -2.10. The van der Waals surface area contributed by atoms with Crippen molar-refractivity contribution in [2.45, 2.75) is 0 Å². The Morgan fingerprint density at radius 3 is 1.48 bits per heavy atom. The van der Waals surface area contributed by atoms with E-state index in [0.717, 1.165) is 72.5 Å². The molecule has 0 saturated carbocycles. The van der Waals surface area contributed by atoms with Crippen molar-refractivity contribution in [2.75, 3.05) is 4.90 Å². The molecule has 0 aliphatic heterocycles. The molecule has 0 aliphatic rings. The third-order valence-electron chi connectivity index (χ3n) is 12.4. The number of fused-ring (bicyclic) bond motifs is 6. The zero-order valence-electron chi connectivity index (χ0n) is 34.4. The average Bonchev–Trinajstić information content (AvgIpc) is 3.91. The van der Waals surface area contributed by atoms with Gasteiger partial charge in [-0.15, -0.1) is 0 Å². The van der Waals surface area contributed by atoms with Gasteiger partial charge in [-0.05, 0) is 117 Å². The highest BCUT2D eigenvalue weighted by atomic mass is 16.3. The molecule has 3 nitrogen and oxygen atoms in total. The fraction of sp³-hybridized carbons (Fsp3) is 0. The van der Waals surface area contributed by atoms with Crippen LogP contribution in [0.15, 0.2) is 247 Å². The summed E-state index contributed by atoms with van der Waals surface area (Å²) >= 11 is 0. The van der Waals surface area contributed by atoms with Crippen molar-refractivity contribution in [3.8, 4) is 50.2 Å². The predicted molar refractivity (Wildman–Crippen MR) is 264 cm³/mol. The van der Waals surface area contributed by atoms with Gasteiger partial charge in [0.15, 0.2) is 0 Å². The van der Waals surface area contributed by atoms with Gasteiger partial charge < -0.3 is 13.9 Å². The minimum atomic E-state index is 0.889. The van der Waals surface area contributed by atoms with Gasteiger partial charge in [0.05, 0.1) is 11.0 Å². The summed E-state index contributed by atoms with van der Waals surface area (Å²) in [6.45, 7) is 0. The highest BCUT2D eigenvalue weighted by Crippen LogP contribution is 2.42. The van der Waals surface area contributed by atoms with Gasteiger partial charge in [-0.3, -0.25) is 0 Å². The number of anilines is 3. The van der Waals surface area contributed by atoms with E-state index < -0.39 is 0 Å². The van der Waals surface area contributed by atoms with E-state index in [1.165, 1.54) is 38.5 Å². The first kappa shape index (κ1) is 36.5. The molecule has 10 aromatic carbocycles. The smallest absolute Gasteiger partial charge is 0.136 e. The maximum absolute atomic E-state index is 6.32. The van der Waals surface area contributed by atoms with Gasteiger partial charge in [0.1, 0.15) is 11.2 Å². The van der Waals surface area contributed by atoms with Crippen LogP contribution >= 0.6 is 0 Å². The van der Waals surface area contributed by atoms with Gasteiger partial charge in [0.25, 0.3) is 0 Å². The summed E-state index contributed by atoms with van der Waals surface area (Å²) in [7, 11) is 0. The van der Waals surface area contributed by atoms with Gasteiger partial charge in [-0.1, -0.05) is 170 Å². The quantitative estimate of drug-likeness (QED) is 0.153. The number of furan rings is 1. The van der Waals surface area contributed by atoms with Crippen LogP contribution in [0, 0.1) is 0 Å². The largest absolute Gasteiger partial charge is 0.456 e. The molecule has 63 heavy (non-hydrogen) atoms. The molecule has 3 heteroatoms. The zero-order valence-corrected chi connectivity index (χ0v) is 34.4. The third-order valence-corrected chi connectivity index (χ3v) is 12.4. The van der Waals surface area contributed by atoms with Crippen molar-refractivity contribution in [1.29, 1.82) is 0 Å². The van der Waals surface area contributed by atoms with Crippen molar-refractivity contribution >= 4 is 60.8 Å². The third kappa shape index (κ3) is 6.46. The Hall–Kier alpha value is -8.40. The van der Waals surface area contributed by atoms with Crippen LogP contribution in [0.3, 0.4) is 0 Å². The van der Waals surface area contributed by atoms with E-state index in [4.69, 9.17) is 4.42 Å². The van der Waals surface area contributed by atoms with Crippen LogP contribution < -0.4 is 4.90 Å². The number of hydrogen-bond donors (Lipinski definition) is 0. The highest BCUT2D eigenvalue weighted by molar-refractivity contribution is 6.13. The van der Waals surface area contributed by atoms with E-state index >= 15 is 0 Å². The van der Waals surface area contributed by atoms with Gasteiger partial charge in [-0.25, -0.2) is 0 Å². The first-order valence-electron chi connectivity index (χ1n) is 21.5. The van der Waals surface area contributed by atoms with Crippen molar-refractivity contribution in [3.05, 3.63) is 243 Å². The SMILES string of the molecule is c1ccc(-c2ccc(-c3cccc(N(c4ccc(-c5cccc(-n6c7ccccc7c7ccccc76)c5)cc4)c4cccc(-c5cccc6oc7ccccc7c56)c4)c3)cc2)cc1. The maximum atomic E-state index is 6.32. The van der Waals surface area contributed by atoms with Crippen molar-refractivity contribution < 1.29 is 4.42 Å². The number of nitrogens with zero attached hydrogens (tertiary/aromatic N) is 2. The highest BCUT2D eigenvalue weighted by Gasteiger charge is 2.18. The number of para-hydroxylation sites is 3. The lowest BCUT2D eigenvalue weighted by molar-refractivity contribution is 0.669. The molecule has 0 aliphatic carbocycles.